The second-order valence-electron chi connectivity index (χ2n) is 5.93. The normalized spacial score (nSPS) is 14.8. The SMILES string of the molecule is O=C1CCc2cc(C(c3cccc(Cl)c3)n3ccnc3)ccc2N1. The van der Waals surface area contributed by atoms with E-state index in [2.05, 4.69) is 33.1 Å². The Morgan fingerprint density at radius 1 is 1.12 bits per heavy atom. The van der Waals surface area contributed by atoms with Gasteiger partial charge in [0.1, 0.15) is 0 Å². The number of halogens is 1. The second-order valence-corrected chi connectivity index (χ2v) is 6.37. The van der Waals surface area contributed by atoms with Crippen molar-refractivity contribution in [1.82, 2.24) is 9.55 Å². The number of rotatable bonds is 3. The topological polar surface area (TPSA) is 46.9 Å². The summed E-state index contributed by atoms with van der Waals surface area (Å²) in [5.41, 5.74) is 4.31. The van der Waals surface area contributed by atoms with Gasteiger partial charge in [-0.2, -0.15) is 0 Å². The molecule has 1 aromatic heterocycles. The van der Waals surface area contributed by atoms with E-state index in [4.69, 9.17) is 11.6 Å². The molecule has 1 atom stereocenters. The number of aryl methyl sites for hydroxylation is 1. The van der Waals surface area contributed by atoms with Gasteiger partial charge in [0.2, 0.25) is 5.91 Å². The van der Waals surface area contributed by atoms with E-state index in [0.29, 0.717) is 11.4 Å². The minimum Gasteiger partial charge on any atom is -0.326 e. The highest BCUT2D eigenvalue weighted by Crippen LogP contribution is 2.32. The van der Waals surface area contributed by atoms with E-state index in [1.165, 1.54) is 5.56 Å². The molecule has 0 radical (unpaired) electrons. The first-order valence-electron chi connectivity index (χ1n) is 7.86. The maximum atomic E-state index is 11.6. The number of hydrogen-bond donors (Lipinski definition) is 1. The third kappa shape index (κ3) is 2.81. The number of anilines is 1. The largest absolute Gasteiger partial charge is 0.326 e. The van der Waals surface area contributed by atoms with E-state index in [1.807, 2.05) is 36.8 Å². The van der Waals surface area contributed by atoms with Gasteiger partial charge >= 0.3 is 0 Å². The van der Waals surface area contributed by atoms with Crippen molar-refractivity contribution in [2.24, 2.45) is 0 Å². The molecular formula is C19H16ClN3O. The van der Waals surface area contributed by atoms with Crippen LogP contribution in [0.4, 0.5) is 5.69 Å². The molecule has 120 valence electrons. The van der Waals surface area contributed by atoms with Crippen molar-refractivity contribution in [1.29, 1.82) is 0 Å². The molecule has 1 N–H and O–H groups in total. The summed E-state index contributed by atoms with van der Waals surface area (Å²) in [6, 6.07) is 14.1. The number of aromatic nitrogens is 2. The molecule has 1 aliphatic rings. The van der Waals surface area contributed by atoms with Gasteiger partial charge in [-0.25, -0.2) is 4.98 Å². The molecule has 3 aromatic rings. The lowest BCUT2D eigenvalue weighted by atomic mass is 9.93. The van der Waals surface area contributed by atoms with Crippen LogP contribution in [-0.2, 0) is 11.2 Å². The highest BCUT2D eigenvalue weighted by Gasteiger charge is 2.20. The minimum atomic E-state index is -0.00544. The van der Waals surface area contributed by atoms with Gasteiger partial charge in [0.05, 0.1) is 12.4 Å². The maximum absolute atomic E-state index is 11.6. The fourth-order valence-corrected chi connectivity index (χ4v) is 3.41. The molecule has 1 aliphatic heterocycles. The van der Waals surface area contributed by atoms with E-state index in [1.54, 1.807) is 6.20 Å². The summed E-state index contributed by atoms with van der Waals surface area (Å²) in [5, 5.41) is 3.64. The number of amides is 1. The van der Waals surface area contributed by atoms with Crippen molar-refractivity contribution in [2.75, 3.05) is 5.32 Å². The quantitative estimate of drug-likeness (QED) is 0.783. The third-order valence-electron chi connectivity index (χ3n) is 4.33. The molecule has 2 aromatic carbocycles. The van der Waals surface area contributed by atoms with Crippen LogP contribution in [0.15, 0.2) is 61.2 Å². The standard InChI is InChI=1S/C19H16ClN3O/c20-16-3-1-2-14(11-16)19(23-9-8-21-12-23)15-4-6-17-13(10-15)5-7-18(24)22-17/h1-4,6,8-12,19H,5,7H2,(H,22,24). The van der Waals surface area contributed by atoms with Gasteiger partial charge in [-0.3, -0.25) is 4.79 Å². The van der Waals surface area contributed by atoms with Gasteiger partial charge in [-0.1, -0.05) is 35.9 Å². The fourth-order valence-electron chi connectivity index (χ4n) is 3.21. The molecule has 0 spiro atoms. The predicted molar refractivity (Wildman–Crippen MR) is 94.3 cm³/mol. The minimum absolute atomic E-state index is 0.00544. The smallest absolute Gasteiger partial charge is 0.224 e. The first-order chi connectivity index (χ1) is 11.7. The summed E-state index contributed by atoms with van der Waals surface area (Å²) >= 11 is 6.20. The Morgan fingerprint density at radius 2 is 2.00 bits per heavy atom. The average molecular weight is 338 g/mol. The molecule has 0 saturated heterocycles. The first kappa shape index (κ1) is 15.0. The molecule has 1 unspecified atom stereocenters. The number of carbonyl (C=O) groups excluding carboxylic acids is 1. The zero-order chi connectivity index (χ0) is 16.5. The van der Waals surface area contributed by atoms with Crippen molar-refractivity contribution in [3.8, 4) is 0 Å². The van der Waals surface area contributed by atoms with Crippen LogP contribution in [-0.4, -0.2) is 15.5 Å². The fraction of sp³-hybridized carbons (Fsp3) is 0.158. The highest BCUT2D eigenvalue weighted by atomic mass is 35.5. The van der Waals surface area contributed by atoms with E-state index >= 15 is 0 Å². The van der Waals surface area contributed by atoms with Crippen LogP contribution in [0.2, 0.25) is 5.02 Å². The second kappa shape index (κ2) is 6.13. The number of nitrogens with zero attached hydrogens (tertiary/aromatic N) is 2. The molecule has 0 saturated carbocycles. The van der Waals surface area contributed by atoms with Crippen LogP contribution >= 0.6 is 11.6 Å². The van der Waals surface area contributed by atoms with Gasteiger partial charge in [-0.05, 0) is 41.3 Å². The highest BCUT2D eigenvalue weighted by molar-refractivity contribution is 6.30. The Morgan fingerprint density at radius 3 is 2.79 bits per heavy atom. The lowest BCUT2D eigenvalue weighted by Gasteiger charge is -2.23. The van der Waals surface area contributed by atoms with Gasteiger partial charge in [0, 0.05) is 29.5 Å². The van der Waals surface area contributed by atoms with Crippen LogP contribution in [0.25, 0.3) is 0 Å². The number of imidazole rings is 1. The molecule has 0 aliphatic carbocycles. The third-order valence-corrected chi connectivity index (χ3v) is 4.56. The number of hydrogen-bond acceptors (Lipinski definition) is 2. The lowest BCUT2D eigenvalue weighted by molar-refractivity contribution is -0.116. The zero-order valence-electron chi connectivity index (χ0n) is 12.9. The van der Waals surface area contributed by atoms with Crippen LogP contribution in [0.5, 0.6) is 0 Å². The molecule has 24 heavy (non-hydrogen) atoms. The van der Waals surface area contributed by atoms with Gasteiger partial charge in [-0.15, -0.1) is 0 Å². The summed E-state index contributed by atoms with van der Waals surface area (Å²) in [6.45, 7) is 0. The predicted octanol–water partition coefficient (Wildman–Crippen LogP) is 4.06. The number of carbonyl (C=O) groups is 1. The van der Waals surface area contributed by atoms with Crippen LogP contribution in [0.1, 0.15) is 29.2 Å². The molecule has 0 bridgehead atoms. The van der Waals surface area contributed by atoms with Gasteiger partial charge in [0.15, 0.2) is 0 Å². The summed E-state index contributed by atoms with van der Waals surface area (Å²) in [5.74, 6) is 0.0799. The summed E-state index contributed by atoms with van der Waals surface area (Å²) in [6.07, 6.45) is 6.83. The van der Waals surface area contributed by atoms with Crippen LogP contribution < -0.4 is 5.32 Å². The van der Waals surface area contributed by atoms with E-state index in [9.17, 15) is 4.79 Å². The van der Waals surface area contributed by atoms with E-state index in [0.717, 1.165) is 23.2 Å². The molecule has 5 heteroatoms. The Hall–Kier alpha value is -2.59. The monoisotopic (exact) mass is 337 g/mol. The van der Waals surface area contributed by atoms with Crippen molar-refractivity contribution in [3.05, 3.63) is 82.9 Å². The van der Waals surface area contributed by atoms with Crippen molar-refractivity contribution < 1.29 is 4.79 Å². The summed E-state index contributed by atoms with van der Waals surface area (Å²) in [7, 11) is 0. The molecule has 4 nitrogen and oxygen atoms in total. The first-order valence-corrected chi connectivity index (χ1v) is 8.24. The Labute approximate surface area is 145 Å². The Balaban J connectivity index is 1.81. The molecule has 0 fully saturated rings. The van der Waals surface area contributed by atoms with Gasteiger partial charge < -0.3 is 9.88 Å². The molecule has 1 amide bonds. The summed E-state index contributed by atoms with van der Waals surface area (Å²) < 4.78 is 2.06. The number of fused-ring (bicyclic) bond motifs is 1. The Bertz CT molecular complexity index is 889. The number of benzene rings is 2. The zero-order valence-corrected chi connectivity index (χ0v) is 13.7. The Kier molecular flexibility index (Phi) is 3.82. The summed E-state index contributed by atoms with van der Waals surface area (Å²) in [4.78, 5) is 15.7. The molecular weight excluding hydrogens is 322 g/mol. The lowest BCUT2D eigenvalue weighted by Crippen LogP contribution is -2.19. The van der Waals surface area contributed by atoms with Crippen LogP contribution in [0.3, 0.4) is 0 Å². The molecule has 4 rings (SSSR count). The van der Waals surface area contributed by atoms with Crippen LogP contribution in [0, 0.1) is 0 Å². The average Bonchev–Trinajstić information content (AvgIpc) is 3.09. The number of nitrogens with one attached hydrogen (secondary N) is 1. The molecule has 2 heterocycles. The van der Waals surface area contributed by atoms with E-state index in [-0.39, 0.29) is 11.9 Å². The van der Waals surface area contributed by atoms with Crippen molar-refractivity contribution >= 4 is 23.2 Å². The van der Waals surface area contributed by atoms with Crippen molar-refractivity contribution in [2.45, 2.75) is 18.9 Å². The van der Waals surface area contributed by atoms with Crippen molar-refractivity contribution in [3.63, 3.8) is 0 Å². The van der Waals surface area contributed by atoms with E-state index < -0.39 is 0 Å². The maximum Gasteiger partial charge on any atom is 0.224 e. The van der Waals surface area contributed by atoms with Gasteiger partial charge in [0.25, 0.3) is 0 Å².